The Balaban J connectivity index is 1.36. The Morgan fingerprint density at radius 2 is 1.67 bits per heavy atom. The number of nitrogens with one attached hydrogen (secondary N) is 1. The summed E-state index contributed by atoms with van der Waals surface area (Å²) in [6.45, 7) is 0.0130. The smallest absolute Gasteiger partial charge is 0.308 e. The van der Waals surface area contributed by atoms with E-state index in [1.807, 2.05) is 23.9 Å². The van der Waals surface area contributed by atoms with Crippen LogP contribution in [0.3, 0.4) is 0 Å². The van der Waals surface area contributed by atoms with Crippen molar-refractivity contribution in [2.24, 2.45) is 17.8 Å². The summed E-state index contributed by atoms with van der Waals surface area (Å²) in [6, 6.07) is 15.1. The standard InChI is InChI=1S/C25H22Cl2N2O2S2/c26-16-5-3-13(4-6-16)20-21-14-1-2-15(11-14)22(21)32-24-23(20)33-25(31)29(24)12-19(30)28-18-9-7-17(27)8-10-18/h3-10,14-15,20-22H,1-2,11-12H2,(H,28,30)/t14-,15-,20+,21-,22+/m1/s1. The first-order valence-electron chi connectivity index (χ1n) is 11.2. The lowest BCUT2D eigenvalue weighted by Gasteiger charge is -2.40. The van der Waals surface area contributed by atoms with Crippen molar-refractivity contribution in [2.45, 2.75) is 42.0 Å². The number of anilines is 1. The number of carbonyl (C=O) groups is 1. The first-order chi connectivity index (χ1) is 16.0. The van der Waals surface area contributed by atoms with Gasteiger partial charge in [-0.15, -0.1) is 11.8 Å². The van der Waals surface area contributed by atoms with E-state index in [4.69, 9.17) is 23.2 Å². The SMILES string of the molecule is O=C(Cn1c2c(sc1=O)[C@@H](c1ccc(Cl)cc1)[C@H]1[C@@H]3CC[C@H](C3)[C@@H]1S2)Nc1ccc(Cl)cc1. The number of benzene rings is 2. The van der Waals surface area contributed by atoms with Crippen molar-refractivity contribution in [2.75, 3.05) is 5.32 Å². The molecule has 0 spiro atoms. The van der Waals surface area contributed by atoms with Gasteiger partial charge in [0, 0.05) is 31.8 Å². The number of carbonyl (C=O) groups excluding carboxylic acids is 1. The molecule has 0 unspecified atom stereocenters. The lowest BCUT2D eigenvalue weighted by molar-refractivity contribution is -0.116. The minimum atomic E-state index is -0.210. The molecule has 6 rings (SSSR count). The van der Waals surface area contributed by atoms with Crippen LogP contribution in [0.5, 0.6) is 0 Å². The van der Waals surface area contributed by atoms with E-state index in [0.29, 0.717) is 33.7 Å². The summed E-state index contributed by atoms with van der Waals surface area (Å²) in [4.78, 5) is 27.0. The number of rotatable bonds is 4. The van der Waals surface area contributed by atoms with Gasteiger partial charge in [-0.25, -0.2) is 0 Å². The summed E-state index contributed by atoms with van der Waals surface area (Å²) >= 11 is 15.3. The molecular weight excluding hydrogens is 495 g/mol. The lowest BCUT2D eigenvalue weighted by Crippen LogP contribution is -2.34. The number of amides is 1. The van der Waals surface area contributed by atoms with Crippen LogP contribution < -0.4 is 10.2 Å². The number of aromatic nitrogens is 1. The Morgan fingerprint density at radius 1 is 1.00 bits per heavy atom. The number of nitrogens with zero attached hydrogens (tertiary/aromatic N) is 1. The van der Waals surface area contributed by atoms with E-state index in [2.05, 4.69) is 17.4 Å². The van der Waals surface area contributed by atoms with Gasteiger partial charge in [-0.3, -0.25) is 14.2 Å². The van der Waals surface area contributed by atoms with Crippen molar-refractivity contribution in [3.05, 3.63) is 78.7 Å². The van der Waals surface area contributed by atoms with Crippen molar-refractivity contribution < 1.29 is 4.79 Å². The molecule has 2 aliphatic carbocycles. The van der Waals surface area contributed by atoms with Crippen LogP contribution in [-0.4, -0.2) is 15.7 Å². The van der Waals surface area contributed by atoms with E-state index < -0.39 is 0 Å². The van der Waals surface area contributed by atoms with Gasteiger partial charge >= 0.3 is 4.87 Å². The third-order valence-corrected chi connectivity index (χ3v) is 10.7. The largest absolute Gasteiger partial charge is 0.325 e. The number of thiazole rings is 1. The van der Waals surface area contributed by atoms with E-state index in [1.54, 1.807) is 28.8 Å². The molecule has 0 radical (unpaired) electrons. The van der Waals surface area contributed by atoms with Gasteiger partial charge in [0.25, 0.3) is 0 Å². The third kappa shape index (κ3) is 3.85. The van der Waals surface area contributed by atoms with Crippen molar-refractivity contribution in [3.8, 4) is 0 Å². The fraction of sp³-hybridized carbons (Fsp3) is 0.360. The van der Waals surface area contributed by atoms with Crippen molar-refractivity contribution >= 4 is 57.9 Å². The summed E-state index contributed by atoms with van der Waals surface area (Å²) < 4.78 is 1.68. The van der Waals surface area contributed by atoms with Gasteiger partial charge in [0.1, 0.15) is 6.54 Å². The molecule has 0 saturated heterocycles. The van der Waals surface area contributed by atoms with Gasteiger partial charge in [-0.05, 0) is 79.0 Å². The van der Waals surface area contributed by atoms with Crippen LogP contribution >= 0.6 is 46.3 Å². The van der Waals surface area contributed by atoms with Gasteiger partial charge < -0.3 is 5.32 Å². The molecule has 1 aliphatic heterocycles. The van der Waals surface area contributed by atoms with Crippen LogP contribution in [0.2, 0.25) is 10.0 Å². The second-order valence-electron chi connectivity index (χ2n) is 9.20. The summed E-state index contributed by atoms with van der Waals surface area (Å²) in [5.41, 5.74) is 1.89. The van der Waals surface area contributed by atoms with Crippen LogP contribution in [0.4, 0.5) is 5.69 Å². The monoisotopic (exact) mass is 516 g/mol. The first-order valence-corrected chi connectivity index (χ1v) is 13.6. The molecule has 2 fully saturated rings. The van der Waals surface area contributed by atoms with E-state index in [1.165, 1.54) is 36.2 Å². The fourth-order valence-corrected chi connectivity index (χ4v) is 9.41. The van der Waals surface area contributed by atoms with E-state index in [9.17, 15) is 9.59 Å². The zero-order valence-electron chi connectivity index (χ0n) is 17.7. The average Bonchev–Trinajstić information content (AvgIpc) is 3.49. The van der Waals surface area contributed by atoms with Gasteiger partial charge in [0.15, 0.2) is 0 Å². The zero-order valence-corrected chi connectivity index (χ0v) is 20.8. The summed E-state index contributed by atoms with van der Waals surface area (Å²) in [7, 11) is 0. The molecule has 170 valence electrons. The molecule has 3 aliphatic rings. The van der Waals surface area contributed by atoms with Crippen LogP contribution in [-0.2, 0) is 11.3 Å². The van der Waals surface area contributed by atoms with Crippen LogP contribution in [0.25, 0.3) is 0 Å². The molecular formula is C25H22Cl2N2O2S2. The maximum atomic E-state index is 13.1. The van der Waals surface area contributed by atoms with Crippen LogP contribution in [0.1, 0.15) is 35.6 Å². The van der Waals surface area contributed by atoms with Gasteiger partial charge in [0.2, 0.25) is 5.91 Å². The molecule has 2 aromatic carbocycles. The predicted octanol–water partition coefficient (Wildman–Crippen LogP) is 6.51. The Morgan fingerprint density at radius 3 is 2.39 bits per heavy atom. The minimum Gasteiger partial charge on any atom is -0.325 e. The van der Waals surface area contributed by atoms with E-state index in [-0.39, 0.29) is 23.2 Å². The van der Waals surface area contributed by atoms with E-state index >= 15 is 0 Å². The highest BCUT2D eigenvalue weighted by atomic mass is 35.5. The number of fused-ring (bicyclic) bond motifs is 6. The predicted molar refractivity (Wildman–Crippen MR) is 136 cm³/mol. The summed E-state index contributed by atoms with van der Waals surface area (Å²) in [6.07, 6.45) is 3.83. The van der Waals surface area contributed by atoms with Crippen molar-refractivity contribution in [1.29, 1.82) is 0 Å². The summed E-state index contributed by atoms with van der Waals surface area (Å²) in [5, 5.41) is 5.69. The zero-order chi connectivity index (χ0) is 22.7. The molecule has 5 atom stereocenters. The Labute approximate surface area is 210 Å². The number of thioether (sulfide) groups is 1. The van der Waals surface area contributed by atoms with Crippen LogP contribution in [0, 0.1) is 17.8 Å². The maximum Gasteiger partial charge on any atom is 0.308 e. The average molecular weight is 518 g/mol. The maximum absolute atomic E-state index is 13.1. The third-order valence-electron chi connectivity index (χ3n) is 7.35. The molecule has 2 heterocycles. The number of hydrogen-bond acceptors (Lipinski definition) is 4. The minimum absolute atomic E-state index is 0.0130. The van der Waals surface area contributed by atoms with Crippen LogP contribution in [0.15, 0.2) is 58.4 Å². The normalized spacial score (nSPS) is 27.3. The molecule has 3 aromatic rings. The molecule has 1 amide bonds. The molecule has 1 N–H and O–H groups in total. The fourth-order valence-electron chi connectivity index (χ4n) is 6.01. The van der Waals surface area contributed by atoms with Gasteiger partial charge in [0.05, 0.1) is 5.03 Å². The first kappa shape index (κ1) is 21.8. The highest BCUT2D eigenvalue weighted by Crippen LogP contribution is 2.64. The number of hydrogen-bond donors (Lipinski definition) is 1. The Bertz CT molecular complexity index is 1270. The lowest BCUT2D eigenvalue weighted by atomic mass is 9.75. The summed E-state index contributed by atoms with van der Waals surface area (Å²) in [5.74, 6) is 1.92. The highest BCUT2D eigenvalue weighted by molar-refractivity contribution is 8.00. The number of halogens is 2. The second kappa shape index (κ2) is 8.49. The Hall–Kier alpha value is -1.73. The quantitative estimate of drug-likeness (QED) is 0.430. The molecule has 33 heavy (non-hydrogen) atoms. The molecule has 4 nitrogen and oxygen atoms in total. The molecule has 1 aromatic heterocycles. The van der Waals surface area contributed by atoms with Gasteiger partial charge in [-0.2, -0.15) is 0 Å². The van der Waals surface area contributed by atoms with Crippen molar-refractivity contribution in [3.63, 3.8) is 0 Å². The van der Waals surface area contributed by atoms with E-state index in [0.717, 1.165) is 14.9 Å². The second-order valence-corrected chi connectivity index (χ2v) is 12.2. The molecule has 2 saturated carbocycles. The van der Waals surface area contributed by atoms with Gasteiger partial charge in [-0.1, -0.05) is 46.7 Å². The topological polar surface area (TPSA) is 51.1 Å². The Kier molecular flexibility index (Phi) is 5.60. The highest BCUT2D eigenvalue weighted by Gasteiger charge is 2.55. The van der Waals surface area contributed by atoms with Crippen molar-refractivity contribution in [1.82, 2.24) is 4.57 Å². The molecule has 8 heteroatoms. The molecule has 2 bridgehead atoms.